The van der Waals surface area contributed by atoms with Gasteiger partial charge in [0.2, 0.25) is 12.0 Å². The van der Waals surface area contributed by atoms with E-state index in [2.05, 4.69) is 0 Å². The maximum absolute atomic E-state index is 13.0. The molecule has 1 aromatic carbocycles. The van der Waals surface area contributed by atoms with E-state index in [-0.39, 0.29) is 12.1 Å². The lowest BCUT2D eigenvalue weighted by molar-refractivity contribution is -0.120. The van der Waals surface area contributed by atoms with Gasteiger partial charge >= 0.3 is 0 Å². The summed E-state index contributed by atoms with van der Waals surface area (Å²) in [7, 11) is 0. The standard InChI is InChI=1S/C10H6F4O2/c1-4(15)9(14)10(16)8-6(12)2-5(11)3-7(8)13/h2-3,9H,1H3. The van der Waals surface area contributed by atoms with Crippen molar-refractivity contribution in [1.82, 2.24) is 0 Å². The van der Waals surface area contributed by atoms with E-state index >= 15 is 0 Å². The van der Waals surface area contributed by atoms with Gasteiger partial charge in [-0.05, 0) is 6.92 Å². The summed E-state index contributed by atoms with van der Waals surface area (Å²) in [5.41, 5.74) is -1.25. The zero-order valence-electron chi connectivity index (χ0n) is 8.06. The van der Waals surface area contributed by atoms with Crippen LogP contribution in [0, 0.1) is 17.5 Å². The highest BCUT2D eigenvalue weighted by Crippen LogP contribution is 2.17. The van der Waals surface area contributed by atoms with Crippen molar-refractivity contribution in [2.24, 2.45) is 0 Å². The first kappa shape index (κ1) is 12.4. The van der Waals surface area contributed by atoms with Crippen molar-refractivity contribution in [1.29, 1.82) is 0 Å². The van der Waals surface area contributed by atoms with Gasteiger partial charge in [-0.15, -0.1) is 0 Å². The maximum Gasteiger partial charge on any atom is 0.220 e. The smallest absolute Gasteiger partial charge is 0.220 e. The number of ketones is 2. The average Bonchev–Trinajstić information content (AvgIpc) is 2.14. The molecule has 86 valence electrons. The van der Waals surface area contributed by atoms with Crippen molar-refractivity contribution in [3.8, 4) is 0 Å². The molecular weight excluding hydrogens is 228 g/mol. The van der Waals surface area contributed by atoms with Gasteiger partial charge in [0, 0.05) is 12.1 Å². The fourth-order valence-electron chi connectivity index (χ4n) is 1.09. The molecule has 1 rings (SSSR count). The van der Waals surface area contributed by atoms with Crippen molar-refractivity contribution in [2.75, 3.05) is 0 Å². The van der Waals surface area contributed by atoms with Crippen LogP contribution in [-0.2, 0) is 4.79 Å². The van der Waals surface area contributed by atoms with E-state index in [4.69, 9.17) is 0 Å². The molecule has 1 unspecified atom stereocenters. The molecule has 0 heterocycles. The van der Waals surface area contributed by atoms with Crippen LogP contribution in [0.4, 0.5) is 17.6 Å². The van der Waals surface area contributed by atoms with Gasteiger partial charge < -0.3 is 0 Å². The molecule has 0 fully saturated rings. The summed E-state index contributed by atoms with van der Waals surface area (Å²) >= 11 is 0. The molecule has 0 saturated heterocycles. The first-order valence-corrected chi connectivity index (χ1v) is 4.18. The Morgan fingerprint density at radius 3 is 1.94 bits per heavy atom. The number of rotatable bonds is 3. The van der Waals surface area contributed by atoms with Crippen molar-refractivity contribution in [3.63, 3.8) is 0 Å². The predicted octanol–water partition coefficient (Wildman–Crippen LogP) is 2.21. The Hall–Kier alpha value is -1.72. The van der Waals surface area contributed by atoms with Gasteiger partial charge in [0.05, 0.1) is 5.56 Å². The first-order valence-electron chi connectivity index (χ1n) is 4.18. The number of hydrogen-bond donors (Lipinski definition) is 0. The molecule has 0 saturated carbocycles. The highest BCUT2D eigenvalue weighted by Gasteiger charge is 2.29. The molecular formula is C10H6F4O2. The van der Waals surface area contributed by atoms with Crippen LogP contribution in [0.3, 0.4) is 0 Å². The summed E-state index contributed by atoms with van der Waals surface area (Å²) in [5.74, 6) is -7.13. The second-order valence-corrected chi connectivity index (χ2v) is 3.08. The van der Waals surface area contributed by atoms with Crippen LogP contribution in [0.1, 0.15) is 17.3 Å². The van der Waals surface area contributed by atoms with Crippen LogP contribution in [0.2, 0.25) is 0 Å². The maximum atomic E-state index is 13.0. The number of Topliss-reactive ketones (excluding diaryl/α,β-unsaturated/α-hetero) is 2. The minimum absolute atomic E-state index is 0.239. The zero-order valence-corrected chi connectivity index (χ0v) is 8.06. The number of halogens is 4. The summed E-state index contributed by atoms with van der Waals surface area (Å²) in [6.07, 6.45) is -2.64. The van der Waals surface area contributed by atoms with Gasteiger partial charge in [-0.2, -0.15) is 0 Å². The Kier molecular flexibility index (Phi) is 3.41. The summed E-state index contributed by atoms with van der Waals surface area (Å²) in [6.45, 7) is 0.766. The van der Waals surface area contributed by atoms with Gasteiger partial charge in [-0.3, -0.25) is 9.59 Å². The number of alkyl halides is 1. The molecule has 2 nitrogen and oxygen atoms in total. The van der Waals surface area contributed by atoms with E-state index in [0.29, 0.717) is 0 Å². The van der Waals surface area contributed by atoms with Crippen LogP contribution in [-0.4, -0.2) is 17.7 Å². The van der Waals surface area contributed by atoms with Crippen LogP contribution in [0.5, 0.6) is 0 Å². The van der Waals surface area contributed by atoms with E-state index < -0.39 is 40.8 Å². The molecule has 0 aliphatic rings. The number of carbonyl (C=O) groups is 2. The molecule has 6 heteroatoms. The van der Waals surface area contributed by atoms with E-state index in [1.807, 2.05) is 0 Å². The van der Waals surface area contributed by atoms with E-state index in [9.17, 15) is 27.2 Å². The van der Waals surface area contributed by atoms with Gasteiger partial charge in [0.1, 0.15) is 17.5 Å². The first-order chi connectivity index (χ1) is 7.34. The zero-order chi connectivity index (χ0) is 12.5. The quantitative estimate of drug-likeness (QED) is 0.456. The van der Waals surface area contributed by atoms with Crippen LogP contribution in [0.25, 0.3) is 0 Å². The van der Waals surface area contributed by atoms with Gasteiger partial charge in [0.15, 0.2) is 5.78 Å². The molecule has 0 aliphatic heterocycles. The summed E-state index contributed by atoms with van der Waals surface area (Å²) < 4.78 is 51.4. The molecule has 0 bridgehead atoms. The van der Waals surface area contributed by atoms with Crippen LogP contribution >= 0.6 is 0 Å². The molecule has 1 aromatic rings. The summed E-state index contributed by atoms with van der Waals surface area (Å²) in [5, 5.41) is 0. The second-order valence-electron chi connectivity index (χ2n) is 3.08. The summed E-state index contributed by atoms with van der Waals surface area (Å²) in [4.78, 5) is 21.7. The minimum Gasteiger partial charge on any atom is -0.296 e. The average molecular weight is 234 g/mol. The van der Waals surface area contributed by atoms with E-state index in [0.717, 1.165) is 6.92 Å². The SMILES string of the molecule is CC(=O)C(F)C(=O)c1c(F)cc(F)cc1F. The fraction of sp³-hybridized carbons (Fsp3) is 0.200. The van der Waals surface area contributed by atoms with Gasteiger partial charge in [-0.1, -0.05) is 0 Å². The van der Waals surface area contributed by atoms with E-state index in [1.165, 1.54) is 0 Å². The Balaban J connectivity index is 3.24. The van der Waals surface area contributed by atoms with Gasteiger partial charge in [0.25, 0.3) is 0 Å². The molecule has 0 aromatic heterocycles. The highest BCUT2D eigenvalue weighted by atomic mass is 19.2. The number of hydrogen-bond acceptors (Lipinski definition) is 2. The lowest BCUT2D eigenvalue weighted by atomic mass is 10.0. The van der Waals surface area contributed by atoms with Crippen molar-refractivity contribution in [2.45, 2.75) is 13.1 Å². The third-order valence-corrected chi connectivity index (χ3v) is 1.84. The third-order valence-electron chi connectivity index (χ3n) is 1.84. The highest BCUT2D eigenvalue weighted by molar-refractivity contribution is 6.12. The Bertz CT molecular complexity index is 433. The molecule has 0 spiro atoms. The monoisotopic (exact) mass is 234 g/mol. The van der Waals surface area contributed by atoms with Crippen LogP contribution in [0.15, 0.2) is 12.1 Å². The Labute approximate surface area is 87.9 Å². The van der Waals surface area contributed by atoms with Crippen molar-refractivity contribution in [3.05, 3.63) is 35.1 Å². The van der Waals surface area contributed by atoms with E-state index in [1.54, 1.807) is 0 Å². The lowest BCUT2D eigenvalue weighted by Gasteiger charge is -2.06. The fourth-order valence-corrected chi connectivity index (χ4v) is 1.09. The second kappa shape index (κ2) is 4.42. The number of benzene rings is 1. The molecule has 0 amide bonds. The summed E-state index contributed by atoms with van der Waals surface area (Å²) in [6, 6.07) is 0.479. The topological polar surface area (TPSA) is 34.1 Å². The minimum atomic E-state index is -2.64. The molecule has 16 heavy (non-hydrogen) atoms. The Morgan fingerprint density at radius 1 is 1.12 bits per heavy atom. The Morgan fingerprint density at radius 2 is 1.56 bits per heavy atom. The number of carbonyl (C=O) groups excluding carboxylic acids is 2. The van der Waals surface area contributed by atoms with Crippen molar-refractivity contribution < 1.29 is 27.2 Å². The van der Waals surface area contributed by atoms with Crippen molar-refractivity contribution >= 4 is 11.6 Å². The molecule has 1 atom stereocenters. The largest absolute Gasteiger partial charge is 0.296 e. The lowest BCUT2D eigenvalue weighted by Crippen LogP contribution is -2.25. The van der Waals surface area contributed by atoms with Crippen LogP contribution < -0.4 is 0 Å². The molecule has 0 radical (unpaired) electrons. The molecule has 0 aliphatic carbocycles. The normalized spacial score (nSPS) is 12.3. The molecule has 0 N–H and O–H groups in total. The third kappa shape index (κ3) is 2.26. The predicted molar refractivity (Wildman–Crippen MR) is 46.2 cm³/mol. The van der Waals surface area contributed by atoms with Gasteiger partial charge in [-0.25, -0.2) is 17.6 Å².